The highest BCUT2D eigenvalue weighted by molar-refractivity contribution is 5.88. The average molecular weight is 348 g/mol. The van der Waals surface area contributed by atoms with Gasteiger partial charge >= 0.3 is 0 Å². The van der Waals surface area contributed by atoms with E-state index in [4.69, 9.17) is 0 Å². The van der Waals surface area contributed by atoms with Gasteiger partial charge in [-0.25, -0.2) is 4.98 Å². The van der Waals surface area contributed by atoms with Crippen molar-refractivity contribution in [3.8, 4) is 11.3 Å². The zero-order chi connectivity index (χ0) is 18.4. The molecule has 0 aliphatic rings. The lowest BCUT2D eigenvalue weighted by atomic mass is 10.2. The van der Waals surface area contributed by atoms with Crippen molar-refractivity contribution >= 4 is 29.0 Å². The van der Waals surface area contributed by atoms with E-state index in [0.29, 0.717) is 11.8 Å². The molecule has 0 bridgehead atoms. The van der Waals surface area contributed by atoms with Gasteiger partial charge in [0.2, 0.25) is 11.9 Å². The van der Waals surface area contributed by atoms with Crippen LogP contribution < -0.4 is 16.0 Å². The molecule has 3 N–H and O–H groups in total. The molecule has 2 aromatic heterocycles. The molecule has 0 saturated carbocycles. The first kappa shape index (κ1) is 17.3. The Labute approximate surface area is 151 Å². The van der Waals surface area contributed by atoms with Gasteiger partial charge in [0, 0.05) is 48.9 Å². The molecular weight excluding hydrogens is 328 g/mol. The number of amides is 1. The minimum Gasteiger partial charge on any atom is -0.354 e. The molecule has 0 aliphatic heterocycles. The van der Waals surface area contributed by atoms with Crippen LogP contribution in [-0.2, 0) is 4.79 Å². The summed E-state index contributed by atoms with van der Waals surface area (Å²) in [5.74, 6) is 1.13. The van der Waals surface area contributed by atoms with Crippen LogP contribution in [0, 0.1) is 0 Å². The summed E-state index contributed by atoms with van der Waals surface area (Å²) < 4.78 is 0. The third-order valence-electron chi connectivity index (χ3n) is 3.51. The summed E-state index contributed by atoms with van der Waals surface area (Å²) in [7, 11) is 0. The Balaban J connectivity index is 1.86. The lowest BCUT2D eigenvalue weighted by Crippen LogP contribution is -2.06. The number of anilines is 4. The largest absolute Gasteiger partial charge is 0.354 e. The molecule has 3 aromatic rings. The zero-order valence-electron chi connectivity index (χ0n) is 14.7. The minimum absolute atomic E-state index is 0.0983. The van der Waals surface area contributed by atoms with Gasteiger partial charge in [0.1, 0.15) is 5.82 Å². The van der Waals surface area contributed by atoms with Gasteiger partial charge in [-0.3, -0.25) is 9.78 Å². The van der Waals surface area contributed by atoms with Crippen molar-refractivity contribution in [2.75, 3.05) is 22.5 Å². The monoisotopic (exact) mass is 348 g/mol. The maximum atomic E-state index is 11.1. The lowest BCUT2D eigenvalue weighted by Gasteiger charge is -2.11. The van der Waals surface area contributed by atoms with Gasteiger partial charge in [-0.1, -0.05) is 0 Å². The highest BCUT2D eigenvalue weighted by Crippen LogP contribution is 2.24. The summed E-state index contributed by atoms with van der Waals surface area (Å²) >= 11 is 0. The number of rotatable bonds is 6. The summed E-state index contributed by atoms with van der Waals surface area (Å²) in [5.41, 5.74) is 3.37. The van der Waals surface area contributed by atoms with Crippen LogP contribution in [-0.4, -0.2) is 27.4 Å². The van der Waals surface area contributed by atoms with Crippen molar-refractivity contribution in [3.05, 3.63) is 54.9 Å². The van der Waals surface area contributed by atoms with Gasteiger partial charge in [0.25, 0.3) is 0 Å². The van der Waals surface area contributed by atoms with Crippen LogP contribution in [0.15, 0.2) is 54.9 Å². The Morgan fingerprint density at radius 3 is 2.35 bits per heavy atom. The third kappa shape index (κ3) is 4.54. The molecule has 0 radical (unpaired) electrons. The minimum atomic E-state index is -0.0983. The van der Waals surface area contributed by atoms with Crippen molar-refractivity contribution in [3.63, 3.8) is 0 Å². The standard InChI is InChI=1S/C19H20N6O/c1-3-21-19-24-17(14-8-10-20-11-9-14)12-18(25-19)23-16-6-4-15(5-7-16)22-13(2)26/h4-12H,3H2,1-2H3,(H,22,26)(H2,21,23,24,25). The van der Waals surface area contributed by atoms with E-state index in [-0.39, 0.29) is 5.91 Å². The summed E-state index contributed by atoms with van der Waals surface area (Å²) in [5, 5.41) is 9.17. The molecular formula is C19H20N6O. The number of carbonyl (C=O) groups excluding carboxylic acids is 1. The van der Waals surface area contributed by atoms with Crippen molar-refractivity contribution in [2.45, 2.75) is 13.8 Å². The quantitative estimate of drug-likeness (QED) is 0.629. The van der Waals surface area contributed by atoms with Gasteiger partial charge in [0.15, 0.2) is 0 Å². The molecule has 0 atom stereocenters. The van der Waals surface area contributed by atoms with Crippen LogP contribution >= 0.6 is 0 Å². The zero-order valence-corrected chi connectivity index (χ0v) is 14.7. The van der Waals surface area contributed by atoms with Crippen molar-refractivity contribution in [2.24, 2.45) is 0 Å². The van der Waals surface area contributed by atoms with Crippen LogP contribution in [0.4, 0.5) is 23.1 Å². The highest BCUT2D eigenvalue weighted by atomic mass is 16.1. The topological polar surface area (TPSA) is 91.8 Å². The number of pyridine rings is 1. The second-order valence-corrected chi connectivity index (χ2v) is 5.61. The first-order valence-corrected chi connectivity index (χ1v) is 8.32. The lowest BCUT2D eigenvalue weighted by molar-refractivity contribution is -0.114. The molecule has 2 heterocycles. The van der Waals surface area contributed by atoms with Crippen LogP contribution in [0.1, 0.15) is 13.8 Å². The Bertz CT molecular complexity index is 880. The van der Waals surface area contributed by atoms with Crippen LogP contribution in [0.2, 0.25) is 0 Å². The fraction of sp³-hybridized carbons (Fsp3) is 0.158. The van der Waals surface area contributed by atoms with E-state index in [0.717, 1.165) is 29.2 Å². The molecule has 132 valence electrons. The number of hydrogen-bond acceptors (Lipinski definition) is 6. The molecule has 7 heteroatoms. The molecule has 0 saturated heterocycles. The molecule has 0 unspecified atom stereocenters. The fourth-order valence-electron chi connectivity index (χ4n) is 2.41. The molecule has 0 aliphatic carbocycles. The SMILES string of the molecule is CCNc1nc(Nc2ccc(NC(C)=O)cc2)cc(-c2ccncc2)n1. The third-order valence-corrected chi connectivity index (χ3v) is 3.51. The predicted molar refractivity (Wildman–Crippen MR) is 103 cm³/mol. The number of benzene rings is 1. The van der Waals surface area contributed by atoms with Gasteiger partial charge in [-0.15, -0.1) is 0 Å². The normalized spacial score (nSPS) is 10.2. The maximum absolute atomic E-state index is 11.1. The molecule has 0 spiro atoms. The summed E-state index contributed by atoms with van der Waals surface area (Å²) in [4.78, 5) is 24.2. The van der Waals surface area contributed by atoms with Crippen LogP contribution in [0.5, 0.6) is 0 Å². The number of nitrogens with zero attached hydrogens (tertiary/aromatic N) is 3. The smallest absolute Gasteiger partial charge is 0.225 e. The number of aromatic nitrogens is 3. The molecule has 7 nitrogen and oxygen atoms in total. The van der Waals surface area contributed by atoms with E-state index < -0.39 is 0 Å². The first-order chi connectivity index (χ1) is 12.6. The maximum Gasteiger partial charge on any atom is 0.225 e. The van der Waals surface area contributed by atoms with E-state index in [2.05, 4.69) is 30.9 Å². The molecule has 3 rings (SSSR count). The average Bonchev–Trinajstić information content (AvgIpc) is 2.64. The van der Waals surface area contributed by atoms with Crippen LogP contribution in [0.25, 0.3) is 11.3 Å². The molecule has 1 amide bonds. The number of hydrogen-bond donors (Lipinski definition) is 3. The van der Waals surface area contributed by atoms with Crippen molar-refractivity contribution < 1.29 is 4.79 Å². The Morgan fingerprint density at radius 2 is 1.69 bits per heavy atom. The molecule has 26 heavy (non-hydrogen) atoms. The van der Waals surface area contributed by atoms with Crippen molar-refractivity contribution in [1.82, 2.24) is 15.0 Å². The van der Waals surface area contributed by atoms with Gasteiger partial charge in [-0.2, -0.15) is 4.98 Å². The number of carbonyl (C=O) groups is 1. The van der Waals surface area contributed by atoms with E-state index in [1.54, 1.807) is 12.4 Å². The summed E-state index contributed by atoms with van der Waals surface area (Å²) in [6, 6.07) is 13.1. The molecule has 1 aromatic carbocycles. The summed E-state index contributed by atoms with van der Waals surface area (Å²) in [6.07, 6.45) is 3.47. The van der Waals surface area contributed by atoms with E-state index in [1.807, 2.05) is 49.4 Å². The highest BCUT2D eigenvalue weighted by Gasteiger charge is 2.07. The predicted octanol–water partition coefficient (Wildman–Crippen LogP) is 3.67. The molecule has 0 fully saturated rings. The van der Waals surface area contributed by atoms with E-state index >= 15 is 0 Å². The van der Waals surface area contributed by atoms with Crippen LogP contribution in [0.3, 0.4) is 0 Å². The fourth-order valence-corrected chi connectivity index (χ4v) is 2.41. The van der Waals surface area contributed by atoms with E-state index in [9.17, 15) is 4.79 Å². The van der Waals surface area contributed by atoms with Gasteiger partial charge < -0.3 is 16.0 Å². The Morgan fingerprint density at radius 1 is 1.00 bits per heavy atom. The van der Waals surface area contributed by atoms with Gasteiger partial charge in [-0.05, 0) is 43.3 Å². The van der Waals surface area contributed by atoms with Crippen molar-refractivity contribution in [1.29, 1.82) is 0 Å². The first-order valence-electron chi connectivity index (χ1n) is 8.32. The summed E-state index contributed by atoms with van der Waals surface area (Å²) in [6.45, 7) is 4.21. The Hall–Kier alpha value is -3.48. The second kappa shape index (κ2) is 8.06. The second-order valence-electron chi connectivity index (χ2n) is 5.61. The number of nitrogens with one attached hydrogen (secondary N) is 3. The van der Waals surface area contributed by atoms with Gasteiger partial charge in [0.05, 0.1) is 5.69 Å². The van der Waals surface area contributed by atoms with E-state index in [1.165, 1.54) is 6.92 Å². The Kier molecular flexibility index (Phi) is 5.38.